The zero-order chi connectivity index (χ0) is 13.1. The Balaban J connectivity index is 2.28. The maximum atomic E-state index is 11.2. The second-order valence-electron chi connectivity index (χ2n) is 4.27. The molecule has 0 spiro atoms. The van der Waals surface area contributed by atoms with Crippen LogP contribution >= 0.6 is 0 Å². The first-order chi connectivity index (χ1) is 8.63. The highest BCUT2D eigenvalue weighted by Gasteiger charge is 2.27. The molecule has 0 aliphatic carbocycles. The molecule has 0 saturated carbocycles. The molecule has 0 radical (unpaired) electrons. The van der Waals surface area contributed by atoms with Gasteiger partial charge in [-0.05, 0) is 6.42 Å². The van der Waals surface area contributed by atoms with Gasteiger partial charge in [0.15, 0.2) is 5.82 Å². The Bertz CT molecular complexity index is 468. The van der Waals surface area contributed by atoms with Crippen LogP contribution in [0, 0.1) is 5.92 Å². The first kappa shape index (κ1) is 12.6. The molecule has 18 heavy (non-hydrogen) atoms. The number of nitrogen functional groups attached to an aromatic ring is 1. The van der Waals surface area contributed by atoms with E-state index in [0.29, 0.717) is 13.2 Å². The van der Waals surface area contributed by atoms with E-state index in [4.69, 9.17) is 16.2 Å². The Kier molecular flexibility index (Phi) is 3.61. The molecule has 1 saturated heterocycles. The van der Waals surface area contributed by atoms with Crippen LogP contribution < -0.4 is 11.5 Å². The van der Waals surface area contributed by atoms with Crippen molar-refractivity contribution in [3.8, 4) is 0 Å². The number of carbonyl (C=O) groups is 1. The zero-order valence-electron chi connectivity index (χ0n) is 10.2. The molecule has 1 aromatic rings. The van der Waals surface area contributed by atoms with Crippen LogP contribution in [0.2, 0.25) is 0 Å². The zero-order valence-corrected chi connectivity index (χ0v) is 10.2. The molecule has 2 rings (SSSR count). The molecule has 98 valence electrons. The lowest BCUT2D eigenvalue weighted by Gasteiger charge is -2.29. The molecule has 1 unspecified atom stereocenters. The van der Waals surface area contributed by atoms with Gasteiger partial charge in [-0.2, -0.15) is 5.10 Å². The lowest BCUT2D eigenvalue weighted by molar-refractivity contribution is 0.0385. The summed E-state index contributed by atoms with van der Waals surface area (Å²) in [5.74, 6) is -0.194. The minimum atomic E-state index is -0.573. The molecule has 1 aliphatic heterocycles. The Labute approximate surface area is 105 Å². The predicted octanol–water partition coefficient (Wildman–Crippen LogP) is -0.158. The largest absolute Gasteiger partial charge is 0.382 e. The average Bonchev–Trinajstić information content (AvgIpc) is 2.72. The lowest BCUT2D eigenvalue weighted by Crippen LogP contribution is -2.31. The van der Waals surface area contributed by atoms with E-state index < -0.39 is 5.91 Å². The number of hydrogen-bond acceptors (Lipinski definition) is 5. The van der Waals surface area contributed by atoms with Crippen LogP contribution in [-0.4, -0.2) is 42.2 Å². The number of anilines is 1. The molecule has 7 heteroatoms. The summed E-state index contributed by atoms with van der Waals surface area (Å²) in [6.45, 7) is 1.22. The van der Waals surface area contributed by atoms with Crippen molar-refractivity contribution in [2.75, 3.05) is 26.0 Å². The highest BCUT2D eigenvalue weighted by Crippen LogP contribution is 2.26. The van der Waals surface area contributed by atoms with E-state index in [0.717, 1.165) is 6.42 Å². The molecule has 2 atom stereocenters. The second-order valence-corrected chi connectivity index (χ2v) is 4.27. The SMILES string of the molecule is CN=C[C@H]1CCOCC1n1cc(C(N)=O)c(N)n1. The normalized spacial score (nSPS) is 24.5. The first-order valence-electron chi connectivity index (χ1n) is 5.78. The third-order valence-corrected chi connectivity index (χ3v) is 3.08. The molecule has 7 nitrogen and oxygen atoms in total. The van der Waals surface area contributed by atoms with E-state index >= 15 is 0 Å². The van der Waals surface area contributed by atoms with E-state index in [2.05, 4.69) is 10.1 Å². The minimum absolute atomic E-state index is 0.00199. The number of carbonyl (C=O) groups excluding carboxylic acids is 1. The van der Waals surface area contributed by atoms with Crippen molar-refractivity contribution in [2.24, 2.45) is 16.6 Å². The molecular formula is C11H17N5O2. The van der Waals surface area contributed by atoms with Crippen LogP contribution in [0.1, 0.15) is 22.8 Å². The predicted molar refractivity (Wildman–Crippen MR) is 67.5 cm³/mol. The number of rotatable bonds is 3. The number of nitrogens with zero attached hydrogens (tertiary/aromatic N) is 3. The number of hydrogen-bond donors (Lipinski definition) is 2. The molecular weight excluding hydrogens is 234 g/mol. The van der Waals surface area contributed by atoms with Crippen LogP contribution in [0.4, 0.5) is 5.82 Å². The van der Waals surface area contributed by atoms with Crippen molar-refractivity contribution in [3.63, 3.8) is 0 Å². The molecule has 1 aromatic heterocycles. The molecule has 1 amide bonds. The van der Waals surface area contributed by atoms with Crippen molar-refractivity contribution in [1.82, 2.24) is 9.78 Å². The summed E-state index contributed by atoms with van der Waals surface area (Å²) >= 11 is 0. The fourth-order valence-corrected chi connectivity index (χ4v) is 2.14. The maximum absolute atomic E-state index is 11.2. The quantitative estimate of drug-likeness (QED) is 0.727. The molecule has 0 aromatic carbocycles. The number of aromatic nitrogens is 2. The van der Waals surface area contributed by atoms with Gasteiger partial charge < -0.3 is 21.2 Å². The molecule has 4 N–H and O–H groups in total. The van der Waals surface area contributed by atoms with Gasteiger partial charge in [0.1, 0.15) is 5.56 Å². The summed E-state index contributed by atoms with van der Waals surface area (Å²) in [6, 6.07) is -0.00199. The molecule has 1 fully saturated rings. The Morgan fingerprint density at radius 2 is 2.50 bits per heavy atom. The lowest BCUT2D eigenvalue weighted by atomic mass is 9.96. The van der Waals surface area contributed by atoms with E-state index in [9.17, 15) is 4.79 Å². The number of aliphatic imine (C=N–C) groups is 1. The molecule has 1 aliphatic rings. The van der Waals surface area contributed by atoms with E-state index in [1.54, 1.807) is 17.9 Å². The van der Waals surface area contributed by atoms with Crippen LogP contribution in [0.25, 0.3) is 0 Å². The van der Waals surface area contributed by atoms with Gasteiger partial charge in [-0.25, -0.2) is 0 Å². The van der Waals surface area contributed by atoms with Crippen molar-refractivity contribution in [3.05, 3.63) is 11.8 Å². The van der Waals surface area contributed by atoms with Crippen LogP contribution in [0.15, 0.2) is 11.2 Å². The highest BCUT2D eigenvalue weighted by molar-refractivity contribution is 5.96. The van der Waals surface area contributed by atoms with Gasteiger partial charge in [-0.1, -0.05) is 0 Å². The smallest absolute Gasteiger partial charge is 0.254 e. The van der Waals surface area contributed by atoms with Crippen LogP contribution in [0.3, 0.4) is 0 Å². The number of amides is 1. The minimum Gasteiger partial charge on any atom is -0.382 e. The van der Waals surface area contributed by atoms with Crippen molar-refractivity contribution in [2.45, 2.75) is 12.5 Å². The topological polar surface area (TPSA) is 109 Å². The fourth-order valence-electron chi connectivity index (χ4n) is 2.14. The summed E-state index contributed by atoms with van der Waals surface area (Å²) in [6.07, 6.45) is 4.33. The third kappa shape index (κ3) is 2.35. The number of primary amides is 1. The average molecular weight is 251 g/mol. The summed E-state index contributed by atoms with van der Waals surface area (Å²) in [5.41, 5.74) is 11.1. The van der Waals surface area contributed by atoms with E-state index in [1.807, 2.05) is 6.21 Å². The van der Waals surface area contributed by atoms with E-state index in [-0.39, 0.29) is 23.3 Å². The number of ether oxygens (including phenoxy) is 1. The monoisotopic (exact) mass is 251 g/mol. The van der Waals surface area contributed by atoms with Gasteiger partial charge in [-0.15, -0.1) is 0 Å². The van der Waals surface area contributed by atoms with Gasteiger partial charge in [0, 0.05) is 32.0 Å². The third-order valence-electron chi connectivity index (χ3n) is 3.08. The van der Waals surface area contributed by atoms with Crippen molar-refractivity contribution < 1.29 is 9.53 Å². The van der Waals surface area contributed by atoms with Gasteiger partial charge in [0.25, 0.3) is 5.91 Å². The molecule has 0 bridgehead atoms. The Morgan fingerprint density at radius 3 is 3.11 bits per heavy atom. The van der Waals surface area contributed by atoms with Crippen molar-refractivity contribution in [1.29, 1.82) is 0 Å². The first-order valence-corrected chi connectivity index (χ1v) is 5.78. The summed E-state index contributed by atoms with van der Waals surface area (Å²) in [4.78, 5) is 15.2. The number of nitrogens with two attached hydrogens (primary N) is 2. The highest BCUT2D eigenvalue weighted by atomic mass is 16.5. The van der Waals surface area contributed by atoms with Gasteiger partial charge in [0.05, 0.1) is 12.6 Å². The van der Waals surface area contributed by atoms with Gasteiger partial charge >= 0.3 is 0 Å². The summed E-state index contributed by atoms with van der Waals surface area (Å²) < 4.78 is 7.10. The summed E-state index contributed by atoms with van der Waals surface area (Å²) in [5, 5.41) is 4.14. The Morgan fingerprint density at radius 1 is 1.72 bits per heavy atom. The van der Waals surface area contributed by atoms with Crippen LogP contribution in [-0.2, 0) is 4.74 Å². The fraction of sp³-hybridized carbons (Fsp3) is 0.545. The van der Waals surface area contributed by atoms with E-state index in [1.165, 1.54) is 0 Å². The summed E-state index contributed by atoms with van der Waals surface area (Å²) in [7, 11) is 1.73. The second kappa shape index (κ2) is 5.18. The molecule has 2 heterocycles. The van der Waals surface area contributed by atoms with Crippen molar-refractivity contribution >= 4 is 17.9 Å². The van der Waals surface area contributed by atoms with Gasteiger partial charge in [0.2, 0.25) is 0 Å². The standard InChI is InChI=1S/C11H17N5O2/c1-14-4-7-2-3-18-6-9(7)16-5-8(11(13)17)10(12)15-16/h4-5,7,9H,2-3,6H2,1H3,(H2,12,15)(H2,13,17)/t7-,9?/m1/s1. The van der Waals surface area contributed by atoms with Gasteiger partial charge in [-0.3, -0.25) is 9.48 Å². The maximum Gasteiger partial charge on any atom is 0.254 e. The Hall–Kier alpha value is -1.89. The van der Waals surface area contributed by atoms with Crippen LogP contribution in [0.5, 0.6) is 0 Å².